The van der Waals surface area contributed by atoms with Gasteiger partial charge in [0.1, 0.15) is 5.82 Å². The normalized spacial score (nSPS) is 19.1. The number of aromatic nitrogens is 1. The van der Waals surface area contributed by atoms with E-state index in [-0.39, 0.29) is 0 Å². The zero-order valence-electron chi connectivity index (χ0n) is 11.7. The molecule has 6 heteroatoms. The van der Waals surface area contributed by atoms with Crippen LogP contribution in [0.5, 0.6) is 0 Å². The Morgan fingerprint density at radius 3 is 2.55 bits per heavy atom. The van der Waals surface area contributed by atoms with Gasteiger partial charge in [-0.2, -0.15) is 13.2 Å². The molecule has 1 unspecified atom stereocenters. The third-order valence-electron chi connectivity index (χ3n) is 4.10. The van der Waals surface area contributed by atoms with Crippen molar-refractivity contribution in [2.24, 2.45) is 5.92 Å². The molecule has 112 valence electrons. The number of alkyl halides is 3. The number of nitrogens with zero attached hydrogens (tertiary/aromatic N) is 2. The average molecular weight is 287 g/mol. The Hall–Kier alpha value is -1.30. The molecule has 0 bridgehead atoms. The summed E-state index contributed by atoms with van der Waals surface area (Å²) in [5.41, 5.74) is -0.631. The molecule has 1 aliphatic rings. The summed E-state index contributed by atoms with van der Waals surface area (Å²) in [5, 5.41) is 3.24. The van der Waals surface area contributed by atoms with Gasteiger partial charge in [0.2, 0.25) is 0 Å². The van der Waals surface area contributed by atoms with Gasteiger partial charge in [0, 0.05) is 25.3 Å². The highest BCUT2D eigenvalue weighted by Crippen LogP contribution is 2.32. The van der Waals surface area contributed by atoms with Crippen LogP contribution in [-0.4, -0.2) is 31.2 Å². The molecule has 1 saturated heterocycles. The van der Waals surface area contributed by atoms with Crippen LogP contribution in [0, 0.1) is 5.92 Å². The molecule has 1 fully saturated rings. The summed E-state index contributed by atoms with van der Waals surface area (Å²) < 4.78 is 38.1. The average Bonchev–Trinajstić information content (AvgIpc) is 2.46. The summed E-state index contributed by atoms with van der Waals surface area (Å²) in [5.74, 6) is 0.998. The van der Waals surface area contributed by atoms with E-state index in [9.17, 15) is 13.2 Å². The van der Waals surface area contributed by atoms with Crippen LogP contribution >= 0.6 is 0 Å². The molecule has 0 amide bonds. The van der Waals surface area contributed by atoms with Crippen molar-refractivity contribution < 1.29 is 13.2 Å². The van der Waals surface area contributed by atoms with Gasteiger partial charge in [-0.25, -0.2) is 4.98 Å². The standard InChI is InChI=1S/C14H20F3N3/c1-10(18-2)11-4-7-20(8-5-11)13-9-12(3-6-19-13)14(15,16)17/h3,6,9-11,18H,4-5,7-8H2,1-2H3. The van der Waals surface area contributed by atoms with E-state index >= 15 is 0 Å². The topological polar surface area (TPSA) is 28.2 Å². The van der Waals surface area contributed by atoms with Crippen molar-refractivity contribution in [2.75, 3.05) is 25.0 Å². The van der Waals surface area contributed by atoms with Crippen LogP contribution < -0.4 is 10.2 Å². The summed E-state index contributed by atoms with van der Waals surface area (Å²) in [4.78, 5) is 6.02. The summed E-state index contributed by atoms with van der Waals surface area (Å²) in [6, 6.07) is 2.59. The summed E-state index contributed by atoms with van der Waals surface area (Å²) in [6.07, 6.45) is -1.13. The second-order valence-corrected chi connectivity index (χ2v) is 5.30. The smallest absolute Gasteiger partial charge is 0.357 e. The molecule has 1 aromatic rings. The van der Waals surface area contributed by atoms with Gasteiger partial charge in [0.05, 0.1) is 5.56 Å². The molecule has 1 aliphatic heterocycles. The third kappa shape index (κ3) is 3.42. The molecule has 2 rings (SSSR count). The highest BCUT2D eigenvalue weighted by Gasteiger charge is 2.31. The molecule has 0 aromatic carbocycles. The second kappa shape index (κ2) is 5.99. The predicted molar refractivity (Wildman–Crippen MR) is 72.7 cm³/mol. The number of halogens is 3. The van der Waals surface area contributed by atoms with E-state index < -0.39 is 11.7 Å². The number of rotatable bonds is 3. The Morgan fingerprint density at radius 1 is 1.35 bits per heavy atom. The van der Waals surface area contributed by atoms with E-state index in [4.69, 9.17) is 0 Å². The van der Waals surface area contributed by atoms with Crippen molar-refractivity contribution in [1.29, 1.82) is 0 Å². The van der Waals surface area contributed by atoms with Gasteiger partial charge in [0.25, 0.3) is 0 Å². The number of hydrogen-bond acceptors (Lipinski definition) is 3. The Morgan fingerprint density at radius 2 is 2.00 bits per heavy atom. The van der Waals surface area contributed by atoms with Gasteiger partial charge >= 0.3 is 6.18 Å². The van der Waals surface area contributed by atoms with E-state index in [0.29, 0.717) is 17.8 Å². The highest BCUT2D eigenvalue weighted by molar-refractivity contribution is 5.42. The maximum Gasteiger partial charge on any atom is 0.416 e. The van der Waals surface area contributed by atoms with Gasteiger partial charge in [-0.1, -0.05) is 0 Å². The van der Waals surface area contributed by atoms with Gasteiger partial charge in [-0.05, 0) is 44.9 Å². The van der Waals surface area contributed by atoms with Crippen molar-refractivity contribution in [3.05, 3.63) is 23.9 Å². The van der Waals surface area contributed by atoms with E-state index in [1.54, 1.807) is 0 Å². The molecule has 1 aromatic heterocycles. The molecule has 0 radical (unpaired) electrons. The number of pyridine rings is 1. The Balaban J connectivity index is 2.04. The maximum atomic E-state index is 12.7. The molecule has 2 heterocycles. The van der Waals surface area contributed by atoms with Crippen LogP contribution in [0.15, 0.2) is 18.3 Å². The third-order valence-corrected chi connectivity index (χ3v) is 4.10. The van der Waals surface area contributed by atoms with Crippen LogP contribution in [0.4, 0.5) is 19.0 Å². The van der Waals surface area contributed by atoms with E-state index in [2.05, 4.69) is 17.2 Å². The van der Waals surface area contributed by atoms with Crippen molar-refractivity contribution in [3.63, 3.8) is 0 Å². The van der Waals surface area contributed by atoms with Crippen molar-refractivity contribution >= 4 is 5.82 Å². The van der Waals surface area contributed by atoms with E-state index in [0.717, 1.165) is 38.1 Å². The molecule has 20 heavy (non-hydrogen) atoms. The van der Waals surface area contributed by atoms with Crippen LogP contribution in [0.3, 0.4) is 0 Å². The molecule has 1 atom stereocenters. The molecule has 0 spiro atoms. The van der Waals surface area contributed by atoms with Crippen LogP contribution in [0.2, 0.25) is 0 Å². The predicted octanol–water partition coefficient (Wildman–Crippen LogP) is 2.92. The second-order valence-electron chi connectivity index (χ2n) is 5.30. The molecule has 3 nitrogen and oxygen atoms in total. The minimum Gasteiger partial charge on any atom is -0.357 e. The lowest BCUT2D eigenvalue weighted by molar-refractivity contribution is -0.137. The first-order valence-electron chi connectivity index (χ1n) is 6.87. The number of hydrogen-bond donors (Lipinski definition) is 1. The largest absolute Gasteiger partial charge is 0.416 e. The molecular formula is C14H20F3N3. The SMILES string of the molecule is CNC(C)C1CCN(c2cc(C(F)(F)F)ccn2)CC1. The zero-order chi connectivity index (χ0) is 14.8. The minimum absolute atomic E-state index is 0.426. The summed E-state index contributed by atoms with van der Waals surface area (Å²) >= 11 is 0. The number of anilines is 1. The number of piperidine rings is 1. The first kappa shape index (κ1) is 15.1. The monoisotopic (exact) mass is 287 g/mol. The summed E-state index contributed by atoms with van der Waals surface area (Å²) in [6.45, 7) is 3.65. The first-order chi connectivity index (χ1) is 9.41. The van der Waals surface area contributed by atoms with E-state index in [1.165, 1.54) is 6.20 Å². The highest BCUT2D eigenvalue weighted by atomic mass is 19.4. The molecule has 0 aliphatic carbocycles. The molecule has 1 N–H and O–H groups in total. The lowest BCUT2D eigenvalue weighted by Gasteiger charge is -2.35. The Bertz CT molecular complexity index is 440. The van der Waals surface area contributed by atoms with Gasteiger partial charge in [-0.3, -0.25) is 0 Å². The zero-order valence-corrected chi connectivity index (χ0v) is 11.7. The number of nitrogens with one attached hydrogen (secondary N) is 1. The van der Waals surface area contributed by atoms with Crippen molar-refractivity contribution in [2.45, 2.75) is 32.0 Å². The Kier molecular flexibility index (Phi) is 4.52. The maximum absolute atomic E-state index is 12.7. The quantitative estimate of drug-likeness (QED) is 0.926. The summed E-state index contributed by atoms with van der Waals surface area (Å²) in [7, 11) is 1.94. The fraction of sp³-hybridized carbons (Fsp3) is 0.643. The molecule has 0 saturated carbocycles. The fourth-order valence-electron chi connectivity index (χ4n) is 2.63. The molecular weight excluding hydrogens is 267 g/mol. The minimum atomic E-state index is -4.31. The lowest BCUT2D eigenvalue weighted by atomic mass is 9.90. The van der Waals surface area contributed by atoms with E-state index in [1.807, 2.05) is 11.9 Å². The van der Waals surface area contributed by atoms with Gasteiger partial charge < -0.3 is 10.2 Å². The lowest BCUT2D eigenvalue weighted by Crippen LogP contribution is -2.41. The fourth-order valence-corrected chi connectivity index (χ4v) is 2.63. The van der Waals surface area contributed by atoms with Gasteiger partial charge in [0.15, 0.2) is 0 Å². The first-order valence-corrected chi connectivity index (χ1v) is 6.87. The van der Waals surface area contributed by atoms with Crippen LogP contribution in [0.1, 0.15) is 25.3 Å². The van der Waals surface area contributed by atoms with Crippen molar-refractivity contribution in [3.8, 4) is 0 Å². The van der Waals surface area contributed by atoms with Crippen LogP contribution in [0.25, 0.3) is 0 Å². The van der Waals surface area contributed by atoms with Gasteiger partial charge in [-0.15, -0.1) is 0 Å². The van der Waals surface area contributed by atoms with Crippen LogP contribution in [-0.2, 0) is 6.18 Å². The van der Waals surface area contributed by atoms with Crippen molar-refractivity contribution in [1.82, 2.24) is 10.3 Å². The Labute approximate surface area is 117 Å².